The van der Waals surface area contributed by atoms with Gasteiger partial charge in [-0.2, -0.15) is 0 Å². The van der Waals surface area contributed by atoms with Crippen LogP contribution in [0.1, 0.15) is 12.5 Å². The standard InChI is InChI=1S/C20H20ClN3O3/c1-12(20(25)26)16-11-24(9-8-22-16)19-14-10-13(21)6-7-17(14)27-18-5-3-2-4-15(18)23-19/h2-7,10,12,16,22H,8-9,11H2,1H3,(H,25,26). The van der Waals surface area contributed by atoms with E-state index in [-0.39, 0.29) is 6.04 Å². The van der Waals surface area contributed by atoms with Crippen molar-refractivity contribution in [1.29, 1.82) is 0 Å². The van der Waals surface area contributed by atoms with Gasteiger partial charge in [-0.05, 0) is 30.3 Å². The molecular formula is C20H20ClN3O3. The molecule has 0 spiro atoms. The molecule has 0 bridgehead atoms. The van der Waals surface area contributed by atoms with Gasteiger partial charge in [0.1, 0.15) is 17.3 Å². The van der Waals surface area contributed by atoms with Crippen LogP contribution in [0.3, 0.4) is 0 Å². The number of ether oxygens (including phenoxy) is 1. The number of carbonyl (C=O) groups is 1. The first kappa shape index (κ1) is 17.8. The highest BCUT2D eigenvalue weighted by molar-refractivity contribution is 6.31. The number of fused-ring (bicyclic) bond motifs is 2. The molecule has 0 aliphatic carbocycles. The van der Waals surface area contributed by atoms with Crippen molar-refractivity contribution >= 4 is 29.1 Å². The Labute approximate surface area is 162 Å². The number of nitrogens with one attached hydrogen (secondary N) is 1. The summed E-state index contributed by atoms with van der Waals surface area (Å²) in [4.78, 5) is 18.4. The molecule has 2 aromatic rings. The molecule has 140 valence electrons. The molecule has 6 nitrogen and oxygen atoms in total. The Morgan fingerprint density at radius 3 is 2.96 bits per heavy atom. The molecule has 0 saturated carbocycles. The largest absolute Gasteiger partial charge is 0.481 e. The lowest BCUT2D eigenvalue weighted by Crippen LogP contribution is -2.56. The zero-order chi connectivity index (χ0) is 19.0. The molecule has 1 saturated heterocycles. The highest BCUT2D eigenvalue weighted by Crippen LogP contribution is 2.39. The topological polar surface area (TPSA) is 74.2 Å². The number of aliphatic imine (C=N–C) groups is 1. The van der Waals surface area contributed by atoms with Crippen molar-refractivity contribution in [3.8, 4) is 11.5 Å². The number of carboxylic acid groups (broad SMARTS) is 1. The van der Waals surface area contributed by atoms with Gasteiger partial charge in [0.05, 0.1) is 11.5 Å². The second-order valence-corrected chi connectivity index (χ2v) is 7.22. The van der Waals surface area contributed by atoms with Crippen LogP contribution in [0, 0.1) is 5.92 Å². The van der Waals surface area contributed by atoms with E-state index in [0.29, 0.717) is 29.6 Å². The van der Waals surface area contributed by atoms with Gasteiger partial charge in [-0.1, -0.05) is 30.7 Å². The van der Waals surface area contributed by atoms with Crippen LogP contribution >= 0.6 is 11.6 Å². The van der Waals surface area contributed by atoms with Crippen LogP contribution in [0.5, 0.6) is 11.5 Å². The number of carboxylic acids is 1. The average Bonchev–Trinajstić information content (AvgIpc) is 2.84. The van der Waals surface area contributed by atoms with Crippen LogP contribution in [-0.4, -0.2) is 47.5 Å². The van der Waals surface area contributed by atoms with E-state index in [1.54, 1.807) is 13.0 Å². The summed E-state index contributed by atoms with van der Waals surface area (Å²) in [6.45, 7) is 3.66. The Hall–Kier alpha value is -2.57. The van der Waals surface area contributed by atoms with Crippen LogP contribution in [0.25, 0.3) is 0 Å². The van der Waals surface area contributed by atoms with Crippen molar-refractivity contribution in [3.05, 3.63) is 53.1 Å². The highest BCUT2D eigenvalue weighted by atomic mass is 35.5. The number of piperazine rings is 1. The summed E-state index contributed by atoms with van der Waals surface area (Å²) in [5, 5.41) is 13.3. The molecule has 2 aromatic carbocycles. The monoisotopic (exact) mass is 385 g/mol. The van der Waals surface area contributed by atoms with E-state index in [9.17, 15) is 9.90 Å². The van der Waals surface area contributed by atoms with Gasteiger partial charge in [0.25, 0.3) is 0 Å². The Morgan fingerprint density at radius 2 is 2.15 bits per heavy atom. The fourth-order valence-electron chi connectivity index (χ4n) is 3.41. The molecule has 0 aromatic heterocycles. The Bertz CT molecular complexity index is 915. The third kappa shape index (κ3) is 3.50. The Morgan fingerprint density at radius 1 is 1.33 bits per heavy atom. The van der Waals surface area contributed by atoms with Gasteiger partial charge in [0.2, 0.25) is 0 Å². The fraction of sp³-hybridized carbons (Fsp3) is 0.300. The van der Waals surface area contributed by atoms with Gasteiger partial charge < -0.3 is 20.1 Å². The molecule has 2 heterocycles. The van der Waals surface area contributed by atoms with Gasteiger partial charge in [-0.15, -0.1) is 0 Å². The van der Waals surface area contributed by atoms with Crippen LogP contribution < -0.4 is 10.1 Å². The van der Waals surface area contributed by atoms with Crippen molar-refractivity contribution in [2.24, 2.45) is 10.9 Å². The highest BCUT2D eigenvalue weighted by Gasteiger charge is 2.32. The molecule has 2 atom stereocenters. The van der Waals surface area contributed by atoms with Gasteiger partial charge in [0.15, 0.2) is 5.75 Å². The molecule has 2 aliphatic heterocycles. The second kappa shape index (κ2) is 7.21. The number of para-hydroxylation sites is 2. The molecular weight excluding hydrogens is 366 g/mol. The third-order valence-corrected chi connectivity index (χ3v) is 5.23. The number of halogens is 1. The van der Waals surface area contributed by atoms with E-state index in [2.05, 4.69) is 10.2 Å². The zero-order valence-electron chi connectivity index (χ0n) is 14.9. The summed E-state index contributed by atoms with van der Waals surface area (Å²) in [6, 6.07) is 12.9. The van der Waals surface area contributed by atoms with Crippen LogP contribution in [0.15, 0.2) is 47.5 Å². The van der Waals surface area contributed by atoms with Gasteiger partial charge in [-0.3, -0.25) is 4.79 Å². The maximum Gasteiger partial charge on any atom is 0.307 e. The van der Waals surface area contributed by atoms with Crippen molar-refractivity contribution < 1.29 is 14.6 Å². The van der Waals surface area contributed by atoms with E-state index in [1.807, 2.05) is 36.4 Å². The van der Waals surface area contributed by atoms with Gasteiger partial charge >= 0.3 is 5.97 Å². The summed E-state index contributed by atoms with van der Waals surface area (Å²) >= 11 is 6.25. The SMILES string of the molecule is CC(C(=O)O)C1CN(C2=Nc3ccccc3Oc3ccc(Cl)cc32)CCN1. The van der Waals surface area contributed by atoms with Gasteiger partial charge in [-0.25, -0.2) is 4.99 Å². The van der Waals surface area contributed by atoms with Crippen LogP contribution in [-0.2, 0) is 4.79 Å². The van der Waals surface area contributed by atoms with Gasteiger partial charge in [0, 0.05) is 30.7 Å². The number of benzene rings is 2. The lowest BCUT2D eigenvalue weighted by Gasteiger charge is -2.37. The quantitative estimate of drug-likeness (QED) is 0.827. The minimum Gasteiger partial charge on any atom is -0.481 e. The molecule has 0 radical (unpaired) electrons. The Kier molecular flexibility index (Phi) is 4.76. The summed E-state index contributed by atoms with van der Waals surface area (Å²) in [7, 11) is 0. The minimum atomic E-state index is -0.811. The lowest BCUT2D eigenvalue weighted by molar-refractivity contribution is -0.142. The molecule has 7 heteroatoms. The summed E-state index contributed by atoms with van der Waals surface area (Å²) in [5.41, 5.74) is 1.54. The van der Waals surface area contributed by atoms with Crippen molar-refractivity contribution in [1.82, 2.24) is 10.2 Å². The maximum absolute atomic E-state index is 11.4. The predicted molar refractivity (Wildman–Crippen MR) is 104 cm³/mol. The molecule has 1 fully saturated rings. The number of aliphatic carboxylic acids is 1. The third-order valence-electron chi connectivity index (χ3n) is 4.99. The number of amidine groups is 1. The van der Waals surface area contributed by atoms with E-state index in [4.69, 9.17) is 21.3 Å². The molecule has 2 aliphatic rings. The van der Waals surface area contributed by atoms with E-state index >= 15 is 0 Å². The lowest BCUT2D eigenvalue weighted by atomic mass is 9.99. The first-order valence-corrected chi connectivity index (χ1v) is 9.27. The van der Waals surface area contributed by atoms with E-state index < -0.39 is 11.9 Å². The summed E-state index contributed by atoms with van der Waals surface area (Å²) in [5.74, 6) is 0.809. The first-order chi connectivity index (χ1) is 13.0. The molecule has 2 unspecified atom stereocenters. The minimum absolute atomic E-state index is 0.166. The second-order valence-electron chi connectivity index (χ2n) is 6.78. The molecule has 0 amide bonds. The summed E-state index contributed by atoms with van der Waals surface area (Å²) in [6.07, 6.45) is 0. The Balaban J connectivity index is 1.77. The van der Waals surface area contributed by atoms with Crippen molar-refractivity contribution in [2.75, 3.05) is 19.6 Å². The number of nitrogens with zero attached hydrogens (tertiary/aromatic N) is 2. The van der Waals surface area contributed by atoms with E-state index in [1.165, 1.54) is 0 Å². The smallest absolute Gasteiger partial charge is 0.307 e. The zero-order valence-corrected chi connectivity index (χ0v) is 15.6. The molecule has 2 N–H and O–H groups in total. The maximum atomic E-state index is 11.4. The van der Waals surface area contributed by atoms with Crippen LogP contribution in [0.4, 0.5) is 5.69 Å². The number of hydrogen-bond acceptors (Lipinski definition) is 5. The normalized spacial score (nSPS) is 19.9. The summed E-state index contributed by atoms with van der Waals surface area (Å²) < 4.78 is 6.08. The average molecular weight is 386 g/mol. The van der Waals surface area contributed by atoms with E-state index in [0.717, 1.165) is 23.6 Å². The van der Waals surface area contributed by atoms with Crippen molar-refractivity contribution in [3.63, 3.8) is 0 Å². The predicted octanol–water partition coefficient (Wildman–Crippen LogP) is 3.52. The van der Waals surface area contributed by atoms with Crippen molar-refractivity contribution in [2.45, 2.75) is 13.0 Å². The molecule has 27 heavy (non-hydrogen) atoms. The fourth-order valence-corrected chi connectivity index (χ4v) is 3.59. The first-order valence-electron chi connectivity index (χ1n) is 8.89. The van der Waals surface area contributed by atoms with Crippen LogP contribution in [0.2, 0.25) is 5.02 Å². The number of hydrogen-bond donors (Lipinski definition) is 2. The number of rotatable bonds is 2. The molecule has 4 rings (SSSR count).